The fourth-order valence-electron chi connectivity index (χ4n) is 5.29. The smallest absolute Gasteiger partial charge is 0.251 e. The van der Waals surface area contributed by atoms with E-state index in [0.717, 1.165) is 59.7 Å². The fourth-order valence-corrected chi connectivity index (χ4v) is 6.12. The molecule has 1 unspecified atom stereocenters. The van der Waals surface area contributed by atoms with Gasteiger partial charge in [-0.15, -0.1) is 41.7 Å². The molecule has 0 radical (unpaired) electrons. The van der Waals surface area contributed by atoms with Gasteiger partial charge in [0.2, 0.25) is 5.88 Å². The molecule has 1 aromatic carbocycles. The predicted octanol–water partition coefficient (Wildman–Crippen LogP) is 3.61. The van der Waals surface area contributed by atoms with E-state index >= 15 is 0 Å². The Kier molecular flexibility index (Phi) is 8.23. The Hall–Kier alpha value is -1.91. The number of ether oxygens (including phenoxy) is 1. The van der Waals surface area contributed by atoms with Crippen LogP contribution in [0.2, 0.25) is 0 Å². The SMILES string of the molecule is Cl.Cl.O=c1ccc2ccc(F)c3c2n1CC3CN1CCC(NCc2cc3c(nn2)OCCS3)CC1. The highest BCUT2D eigenvalue weighted by atomic mass is 35.5. The van der Waals surface area contributed by atoms with Crippen molar-refractivity contribution >= 4 is 47.5 Å². The van der Waals surface area contributed by atoms with Gasteiger partial charge < -0.3 is 19.5 Å². The summed E-state index contributed by atoms with van der Waals surface area (Å²) in [5.41, 5.74) is 2.37. The van der Waals surface area contributed by atoms with Crippen LogP contribution in [-0.2, 0) is 13.1 Å². The first-order valence-electron chi connectivity index (χ1n) is 11.6. The Morgan fingerprint density at radius 2 is 1.94 bits per heavy atom. The Balaban J connectivity index is 0.00000144. The van der Waals surface area contributed by atoms with E-state index in [1.54, 1.807) is 34.5 Å². The highest BCUT2D eigenvalue weighted by Gasteiger charge is 2.31. The molecule has 3 aliphatic rings. The lowest BCUT2D eigenvalue weighted by Gasteiger charge is -2.34. The molecule has 35 heavy (non-hydrogen) atoms. The number of nitrogens with zero attached hydrogens (tertiary/aromatic N) is 4. The van der Waals surface area contributed by atoms with E-state index in [2.05, 4.69) is 26.5 Å². The summed E-state index contributed by atoms with van der Waals surface area (Å²) in [6, 6.07) is 9.18. The molecule has 2 aromatic heterocycles. The van der Waals surface area contributed by atoms with Crippen molar-refractivity contribution in [1.82, 2.24) is 25.0 Å². The molecule has 3 aromatic rings. The van der Waals surface area contributed by atoms with Crippen molar-refractivity contribution < 1.29 is 9.13 Å². The average Bonchev–Trinajstić information content (AvgIpc) is 3.23. The third-order valence-electron chi connectivity index (χ3n) is 6.94. The van der Waals surface area contributed by atoms with Crippen molar-refractivity contribution in [2.45, 2.75) is 42.8 Å². The number of thioether (sulfide) groups is 1. The molecule has 0 bridgehead atoms. The molecule has 1 N–H and O–H groups in total. The maximum absolute atomic E-state index is 14.8. The number of fused-ring (bicyclic) bond motifs is 1. The molecule has 1 saturated heterocycles. The van der Waals surface area contributed by atoms with Crippen LogP contribution < -0.4 is 15.6 Å². The van der Waals surface area contributed by atoms with Crippen molar-refractivity contribution in [3.05, 3.63) is 57.8 Å². The van der Waals surface area contributed by atoms with E-state index in [1.165, 1.54) is 6.07 Å². The number of aromatic nitrogens is 3. The van der Waals surface area contributed by atoms with Crippen molar-refractivity contribution in [2.24, 2.45) is 0 Å². The third-order valence-corrected chi connectivity index (χ3v) is 7.92. The molecule has 0 spiro atoms. The minimum absolute atomic E-state index is 0. The van der Waals surface area contributed by atoms with Crippen LogP contribution in [0.5, 0.6) is 5.88 Å². The third kappa shape index (κ3) is 5.15. The second-order valence-electron chi connectivity index (χ2n) is 9.04. The number of pyridine rings is 1. The standard InChI is InChI=1S/C24H26FN5O2S.2ClH/c25-19-3-1-15-2-4-21(31)30-14-16(22(19)23(15)30)13-29-7-5-17(6-8-29)26-12-18-11-20-24(28-27-18)32-9-10-33-20;;/h1-4,11,16-17,26H,5-10,12-14H2;2*1H. The molecule has 3 aliphatic heterocycles. The van der Waals surface area contributed by atoms with Crippen LogP contribution in [0, 0.1) is 5.82 Å². The summed E-state index contributed by atoms with van der Waals surface area (Å²) < 4.78 is 22.0. The maximum Gasteiger partial charge on any atom is 0.251 e. The van der Waals surface area contributed by atoms with E-state index < -0.39 is 0 Å². The fraction of sp³-hybridized carbons (Fsp3) is 0.458. The van der Waals surface area contributed by atoms with Crippen molar-refractivity contribution in [2.75, 3.05) is 32.0 Å². The number of benzene rings is 1. The van der Waals surface area contributed by atoms with Gasteiger partial charge in [0.25, 0.3) is 5.56 Å². The Morgan fingerprint density at radius 3 is 2.77 bits per heavy atom. The monoisotopic (exact) mass is 539 g/mol. The lowest BCUT2D eigenvalue weighted by molar-refractivity contribution is 0.184. The maximum atomic E-state index is 14.8. The van der Waals surface area contributed by atoms with Gasteiger partial charge in [-0.3, -0.25) is 4.79 Å². The van der Waals surface area contributed by atoms with Gasteiger partial charge in [0.15, 0.2) is 0 Å². The van der Waals surface area contributed by atoms with Crippen molar-refractivity contribution in [3.8, 4) is 5.88 Å². The summed E-state index contributed by atoms with van der Waals surface area (Å²) in [5.74, 6) is 1.41. The first kappa shape index (κ1) is 26.2. The first-order chi connectivity index (χ1) is 16.2. The van der Waals surface area contributed by atoms with E-state index in [-0.39, 0.29) is 42.1 Å². The van der Waals surface area contributed by atoms with Crippen LogP contribution >= 0.6 is 36.6 Å². The number of halogens is 3. The Morgan fingerprint density at radius 1 is 1.14 bits per heavy atom. The lowest BCUT2D eigenvalue weighted by atomic mass is 9.97. The Bertz CT molecular complexity index is 1270. The second-order valence-corrected chi connectivity index (χ2v) is 10.2. The van der Waals surface area contributed by atoms with E-state index in [1.807, 2.05) is 0 Å². The number of hydrogen-bond acceptors (Lipinski definition) is 7. The largest absolute Gasteiger partial charge is 0.475 e. The van der Waals surface area contributed by atoms with Gasteiger partial charge in [0.05, 0.1) is 22.7 Å². The zero-order valence-corrected chi connectivity index (χ0v) is 21.6. The molecule has 0 aliphatic carbocycles. The van der Waals surface area contributed by atoms with Gasteiger partial charge in [-0.25, -0.2) is 4.39 Å². The molecule has 0 saturated carbocycles. The van der Waals surface area contributed by atoms with Crippen molar-refractivity contribution in [3.63, 3.8) is 0 Å². The number of piperidine rings is 1. The summed E-state index contributed by atoms with van der Waals surface area (Å²) in [6.45, 7) is 4.63. The summed E-state index contributed by atoms with van der Waals surface area (Å²) >= 11 is 1.77. The van der Waals surface area contributed by atoms with Crippen LogP contribution in [0.1, 0.15) is 30.0 Å². The lowest BCUT2D eigenvalue weighted by Crippen LogP contribution is -2.43. The second kappa shape index (κ2) is 11.0. The summed E-state index contributed by atoms with van der Waals surface area (Å²) in [4.78, 5) is 15.8. The summed E-state index contributed by atoms with van der Waals surface area (Å²) in [7, 11) is 0. The van der Waals surface area contributed by atoms with Crippen LogP contribution in [0.15, 0.2) is 40.0 Å². The highest BCUT2D eigenvalue weighted by molar-refractivity contribution is 7.99. The summed E-state index contributed by atoms with van der Waals surface area (Å²) in [6.07, 6.45) is 2.06. The topological polar surface area (TPSA) is 72.3 Å². The van der Waals surface area contributed by atoms with E-state index in [4.69, 9.17) is 4.74 Å². The average molecular weight is 540 g/mol. The summed E-state index contributed by atoms with van der Waals surface area (Å²) in [5, 5.41) is 13.0. The molecular formula is C24H28Cl2FN5O2S. The zero-order chi connectivity index (χ0) is 22.4. The minimum atomic E-state index is -0.198. The molecule has 1 atom stereocenters. The van der Waals surface area contributed by atoms with Gasteiger partial charge in [0.1, 0.15) is 5.82 Å². The van der Waals surface area contributed by atoms with Crippen LogP contribution in [0.4, 0.5) is 4.39 Å². The highest BCUT2D eigenvalue weighted by Crippen LogP contribution is 2.35. The first-order valence-corrected chi connectivity index (χ1v) is 12.5. The molecule has 0 amide bonds. The molecular weight excluding hydrogens is 512 g/mol. The Labute approximate surface area is 219 Å². The quantitative estimate of drug-likeness (QED) is 0.530. The van der Waals surface area contributed by atoms with Gasteiger partial charge in [-0.05, 0) is 55.6 Å². The van der Waals surface area contributed by atoms with Gasteiger partial charge in [0, 0.05) is 49.0 Å². The van der Waals surface area contributed by atoms with Crippen LogP contribution in [0.3, 0.4) is 0 Å². The minimum Gasteiger partial charge on any atom is -0.475 e. The zero-order valence-electron chi connectivity index (χ0n) is 19.1. The van der Waals surface area contributed by atoms with E-state index in [9.17, 15) is 9.18 Å². The van der Waals surface area contributed by atoms with Gasteiger partial charge >= 0.3 is 0 Å². The molecule has 6 rings (SSSR count). The number of likely N-dealkylation sites (tertiary alicyclic amines) is 1. The molecule has 188 valence electrons. The van der Waals surface area contributed by atoms with Crippen LogP contribution in [0.25, 0.3) is 10.9 Å². The van der Waals surface area contributed by atoms with E-state index in [0.29, 0.717) is 37.2 Å². The normalized spacial score (nSPS) is 19.5. The van der Waals surface area contributed by atoms with Gasteiger partial charge in [-0.1, -0.05) is 0 Å². The molecule has 7 nitrogen and oxygen atoms in total. The van der Waals surface area contributed by atoms with Crippen molar-refractivity contribution in [1.29, 1.82) is 0 Å². The number of rotatable bonds is 5. The molecule has 11 heteroatoms. The number of nitrogens with one attached hydrogen (secondary N) is 1. The van der Waals surface area contributed by atoms with Crippen LogP contribution in [-0.4, -0.2) is 57.7 Å². The number of hydrogen-bond donors (Lipinski definition) is 1. The van der Waals surface area contributed by atoms with Gasteiger partial charge in [-0.2, -0.15) is 5.10 Å². The molecule has 5 heterocycles. The predicted molar refractivity (Wildman–Crippen MR) is 140 cm³/mol. The molecule has 1 fully saturated rings.